The van der Waals surface area contributed by atoms with Crippen LogP contribution in [0, 0.1) is 0 Å². The fourth-order valence-electron chi connectivity index (χ4n) is 1.43. The quantitative estimate of drug-likeness (QED) is 0.294. The molecule has 0 nitrogen and oxygen atoms in total. The Morgan fingerprint density at radius 3 is 1.71 bits per heavy atom. The second-order valence-electron chi connectivity index (χ2n) is 4.12. The molecule has 0 aromatic rings. The van der Waals surface area contributed by atoms with E-state index in [9.17, 15) is 22.0 Å². The van der Waals surface area contributed by atoms with E-state index >= 15 is 0 Å². The number of unbranched alkanes of at least 4 members (excludes halogenated alkanes) is 6. The van der Waals surface area contributed by atoms with E-state index in [1.54, 1.807) is 0 Å². The average Bonchev–Trinajstić information content (AvgIpc) is 2.20. The largest absolute Gasteiger partial charge is 0.457 e. The molecule has 6 heteroatoms. The second-order valence-corrected chi connectivity index (χ2v) is 5.60. The normalized spacial score (nSPS) is 13.8. The highest BCUT2D eigenvalue weighted by molar-refractivity contribution is 7.39. The molecule has 17 heavy (non-hydrogen) atoms. The highest BCUT2D eigenvalue weighted by Crippen LogP contribution is 2.48. The minimum Gasteiger partial charge on any atom is -0.192 e. The van der Waals surface area contributed by atoms with Crippen LogP contribution in [-0.4, -0.2) is 18.0 Å². The monoisotopic (exact) mass is 278 g/mol. The predicted molar refractivity (Wildman–Crippen MR) is 62.2 cm³/mol. The number of rotatable bonds is 9. The van der Waals surface area contributed by atoms with Gasteiger partial charge in [0.1, 0.15) is 0 Å². The Morgan fingerprint density at radius 2 is 1.24 bits per heavy atom. The molecule has 0 N–H and O–H groups in total. The van der Waals surface area contributed by atoms with Crippen molar-refractivity contribution in [3.05, 3.63) is 0 Å². The van der Waals surface area contributed by atoms with Gasteiger partial charge in [-0.1, -0.05) is 45.4 Å². The summed E-state index contributed by atoms with van der Waals surface area (Å²) < 4.78 is 60.4. The SMILES string of the molecule is CCCCCCCCCPC(F)(F)C(F)(F)F. The van der Waals surface area contributed by atoms with Gasteiger partial charge in [0.05, 0.1) is 0 Å². The van der Waals surface area contributed by atoms with Crippen molar-refractivity contribution in [2.45, 2.75) is 63.7 Å². The van der Waals surface area contributed by atoms with Gasteiger partial charge in [-0.05, 0) is 21.2 Å². The number of alkyl halides is 5. The van der Waals surface area contributed by atoms with E-state index < -0.39 is 20.4 Å². The van der Waals surface area contributed by atoms with Crippen molar-refractivity contribution in [2.24, 2.45) is 0 Å². The number of halogens is 5. The summed E-state index contributed by atoms with van der Waals surface area (Å²) in [5.41, 5.74) is -4.49. The third-order valence-corrected chi connectivity index (χ3v) is 3.81. The zero-order valence-corrected chi connectivity index (χ0v) is 11.0. The van der Waals surface area contributed by atoms with Crippen LogP contribution in [0.1, 0.15) is 51.9 Å². The van der Waals surface area contributed by atoms with Crippen LogP contribution in [0.15, 0.2) is 0 Å². The van der Waals surface area contributed by atoms with Crippen LogP contribution in [0.4, 0.5) is 22.0 Å². The summed E-state index contributed by atoms with van der Waals surface area (Å²) in [6.07, 6.45) is 1.22. The first kappa shape index (κ1) is 17.1. The molecular weight excluding hydrogens is 258 g/mol. The lowest BCUT2D eigenvalue weighted by Gasteiger charge is -2.19. The average molecular weight is 278 g/mol. The fraction of sp³-hybridized carbons (Fsp3) is 1.00. The molecule has 1 unspecified atom stereocenters. The lowest BCUT2D eigenvalue weighted by atomic mass is 10.1. The van der Waals surface area contributed by atoms with Crippen molar-refractivity contribution in [1.82, 2.24) is 0 Å². The molecule has 0 aliphatic rings. The van der Waals surface area contributed by atoms with Gasteiger partial charge in [0.25, 0.3) is 0 Å². The molecule has 104 valence electrons. The summed E-state index contributed by atoms with van der Waals surface area (Å²) in [5.74, 6) is 0. The molecular formula is C11H20F5P. The van der Waals surface area contributed by atoms with Gasteiger partial charge in [-0.2, -0.15) is 22.0 Å². The third-order valence-electron chi connectivity index (χ3n) is 2.48. The van der Waals surface area contributed by atoms with E-state index in [0.717, 1.165) is 38.5 Å². The molecule has 0 radical (unpaired) electrons. The van der Waals surface area contributed by atoms with Gasteiger partial charge >= 0.3 is 11.8 Å². The van der Waals surface area contributed by atoms with E-state index in [0.29, 0.717) is 6.42 Å². The van der Waals surface area contributed by atoms with Crippen molar-refractivity contribution in [2.75, 3.05) is 6.16 Å². The topological polar surface area (TPSA) is 0 Å². The van der Waals surface area contributed by atoms with Crippen LogP contribution in [-0.2, 0) is 0 Å². The highest BCUT2D eigenvalue weighted by atomic mass is 31.1. The minimum absolute atomic E-state index is 0.0275. The van der Waals surface area contributed by atoms with Crippen LogP contribution in [0.2, 0.25) is 0 Å². The standard InChI is InChI=1S/C11H20F5P/c1-2-3-4-5-6-7-8-9-17-11(15,16)10(12,13)14/h17H,2-9H2,1H3. The van der Waals surface area contributed by atoms with Crippen molar-refractivity contribution in [1.29, 1.82) is 0 Å². The van der Waals surface area contributed by atoms with Gasteiger partial charge in [0.2, 0.25) is 0 Å². The Hall–Kier alpha value is 0.0800. The summed E-state index contributed by atoms with van der Waals surface area (Å²) in [6, 6.07) is 0. The van der Waals surface area contributed by atoms with Crippen LogP contribution in [0.3, 0.4) is 0 Å². The Bertz CT molecular complexity index is 191. The van der Waals surface area contributed by atoms with Crippen molar-refractivity contribution in [3.63, 3.8) is 0 Å². The molecule has 0 aromatic heterocycles. The number of hydrogen-bond donors (Lipinski definition) is 0. The lowest BCUT2D eigenvalue weighted by Crippen LogP contribution is -2.31. The third kappa shape index (κ3) is 7.91. The van der Waals surface area contributed by atoms with E-state index in [4.69, 9.17) is 0 Å². The van der Waals surface area contributed by atoms with Gasteiger partial charge in [0, 0.05) is 0 Å². The molecule has 0 bridgehead atoms. The molecule has 0 aliphatic heterocycles. The Labute approximate surface area is 101 Å². The summed E-state index contributed by atoms with van der Waals surface area (Å²) in [7, 11) is -1.34. The molecule has 0 amide bonds. The smallest absolute Gasteiger partial charge is 0.192 e. The Morgan fingerprint density at radius 1 is 0.765 bits per heavy atom. The van der Waals surface area contributed by atoms with Crippen molar-refractivity contribution >= 4 is 8.58 Å². The zero-order valence-electron chi connectivity index (χ0n) is 10.0. The van der Waals surface area contributed by atoms with Crippen LogP contribution in [0.5, 0.6) is 0 Å². The summed E-state index contributed by atoms with van der Waals surface area (Å²) in [5, 5.41) is 0. The van der Waals surface area contributed by atoms with E-state index in [1.165, 1.54) is 0 Å². The van der Waals surface area contributed by atoms with Gasteiger partial charge in [0.15, 0.2) is 0 Å². The molecule has 0 rings (SSSR count). The van der Waals surface area contributed by atoms with Crippen LogP contribution >= 0.6 is 8.58 Å². The summed E-state index contributed by atoms with van der Waals surface area (Å²) in [6.45, 7) is 2.10. The second kappa shape index (κ2) is 8.23. The Kier molecular flexibility index (Phi) is 8.27. The number of hydrogen-bond acceptors (Lipinski definition) is 0. The molecule has 0 fully saturated rings. The molecule has 1 atom stereocenters. The van der Waals surface area contributed by atoms with E-state index in [2.05, 4.69) is 6.92 Å². The van der Waals surface area contributed by atoms with Gasteiger partial charge in [-0.3, -0.25) is 0 Å². The Balaban J connectivity index is 3.46. The van der Waals surface area contributed by atoms with Crippen molar-refractivity contribution in [3.8, 4) is 0 Å². The van der Waals surface area contributed by atoms with E-state index in [-0.39, 0.29) is 6.16 Å². The van der Waals surface area contributed by atoms with Crippen LogP contribution < -0.4 is 0 Å². The van der Waals surface area contributed by atoms with Crippen LogP contribution in [0.25, 0.3) is 0 Å². The zero-order chi connectivity index (χ0) is 13.4. The maximum atomic E-state index is 12.5. The van der Waals surface area contributed by atoms with Gasteiger partial charge in [-0.25, -0.2) is 0 Å². The van der Waals surface area contributed by atoms with Crippen molar-refractivity contribution < 1.29 is 22.0 Å². The lowest BCUT2D eigenvalue weighted by molar-refractivity contribution is -0.239. The molecule has 0 spiro atoms. The van der Waals surface area contributed by atoms with E-state index in [1.807, 2.05) is 0 Å². The molecule has 0 aliphatic carbocycles. The first-order valence-corrected chi connectivity index (χ1v) is 7.21. The summed E-state index contributed by atoms with van der Waals surface area (Å²) in [4.78, 5) is 0. The summed E-state index contributed by atoms with van der Waals surface area (Å²) >= 11 is 0. The maximum absolute atomic E-state index is 12.5. The minimum atomic E-state index is -5.38. The highest BCUT2D eigenvalue weighted by Gasteiger charge is 2.56. The predicted octanol–water partition coefficient (Wildman–Crippen LogP) is 5.57. The molecule has 0 aromatic carbocycles. The maximum Gasteiger partial charge on any atom is 0.457 e. The fourth-order valence-corrected chi connectivity index (χ4v) is 2.37. The molecule has 0 saturated heterocycles. The molecule has 0 heterocycles. The van der Waals surface area contributed by atoms with Gasteiger partial charge < -0.3 is 0 Å². The first-order chi connectivity index (χ1) is 7.81. The molecule has 0 saturated carbocycles. The first-order valence-electron chi connectivity index (χ1n) is 6.01. The van der Waals surface area contributed by atoms with Gasteiger partial charge in [-0.15, -0.1) is 0 Å².